The Bertz CT molecular complexity index is 479. The van der Waals surface area contributed by atoms with Crippen LogP contribution in [-0.4, -0.2) is 13.0 Å². The summed E-state index contributed by atoms with van der Waals surface area (Å²) in [5.41, 5.74) is 7.27. The molecule has 0 atom stereocenters. The molecule has 110 valence electrons. The highest BCUT2D eigenvalue weighted by Crippen LogP contribution is 2.35. The number of ether oxygens (including phenoxy) is 1. The second kappa shape index (κ2) is 6.16. The van der Waals surface area contributed by atoms with E-state index in [4.69, 9.17) is 10.5 Å². The molecular formula is C16H24N2O2. The van der Waals surface area contributed by atoms with Gasteiger partial charge in [-0.05, 0) is 30.5 Å². The minimum absolute atomic E-state index is 0.159. The molecule has 0 spiro atoms. The summed E-state index contributed by atoms with van der Waals surface area (Å²) in [5, 5.41) is 3.04. The average molecular weight is 276 g/mol. The molecule has 1 aromatic carbocycles. The molecule has 0 unspecified atom stereocenters. The molecular weight excluding hydrogens is 252 g/mol. The number of carbonyl (C=O) groups excluding carboxylic acids is 1. The highest BCUT2D eigenvalue weighted by molar-refractivity contribution is 5.82. The third kappa shape index (κ3) is 3.24. The van der Waals surface area contributed by atoms with Gasteiger partial charge in [0.25, 0.3) is 0 Å². The number of benzene rings is 1. The van der Waals surface area contributed by atoms with Crippen molar-refractivity contribution in [2.24, 2.45) is 5.41 Å². The maximum absolute atomic E-state index is 12.3. The highest BCUT2D eigenvalue weighted by atomic mass is 16.5. The zero-order valence-corrected chi connectivity index (χ0v) is 12.4. The van der Waals surface area contributed by atoms with E-state index in [0.717, 1.165) is 31.2 Å². The van der Waals surface area contributed by atoms with Gasteiger partial charge in [-0.25, -0.2) is 0 Å². The molecule has 1 saturated carbocycles. The SMILES string of the molecule is COc1ccc(CNC(=O)C2(C)CCCCC2)cc1N. The molecule has 4 heteroatoms. The van der Waals surface area contributed by atoms with E-state index in [-0.39, 0.29) is 11.3 Å². The molecule has 4 nitrogen and oxygen atoms in total. The van der Waals surface area contributed by atoms with Crippen molar-refractivity contribution in [1.29, 1.82) is 0 Å². The van der Waals surface area contributed by atoms with Crippen LogP contribution in [0.25, 0.3) is 0 Å². The minimum atomic E-state index is -0.198. The van der Waals surface area contributed by atoms with Crippen LogP contribution in [0.4, 0.5) is 5.69 Å². The van der Waals surface area contributed by atoms with E-state index in [1.165, 1.54) is 6.42 Å². The number of methoxy groups -OCH3 is 1. The van der Waals surface area contributed by atoms with Gasteiger partial charge in [-0.15, -0.1) is 0 Å². The van der Waals surface area contributed by atoms with E-state index < -0.39 is 0 Å². The Morgan fingerprint density at radius 2 is 2.05 bits per heavy atom. The molecule has 1 aromatic rings. The lowest BCUT2D eigenvalue weighted by atomic mass is 9.75. The number of amides is 1. The number of hydrogen-bond acceptors (Lipinski definition) is 3. The van der Waals surface area contributed by atoms with E-state index in [1.807, 2.05) is 18.2 Å². The van der Waals surface area contributed by atoms with Gasteiger partial charge in [0.15, 0.2) is 0 Å². The van der Waals surface area contributed by atoms with Gasteiger partial charge < -0.3 is 15.8 Å². The third-order valence-electron chi connectivity index (χ3n) is 4.25. The Kier molecular flexibility index (Phi) is 4.53. The Morgan fingerprint density at radius 3 is 2.65 bits per heavy atom. The maximum atomic E-state index is 12.3. The van der Waals surface area contributed by atoms with Crippen LogP contribution in [0.15, 0.2) is 18.2 Å². The zero-order valence-electron chi connectivity index (χ0n) is 12.4. The van der Waals surface area contributed by atoms with E-state index in [9.17, 15) is 4.79 Å². The number of anilines is 1. The van der Waals surface area contributed by atoms with Gasteiger partial charge in [-0.2, -0.15) is 0 Å². The van der Waals surface area contributed by atoms with Crippen molar-refractivity contribution in [2.75, 3.05) is 12.8 Å². The quantitative estimate of drug-likeness (QED) is 0.831. The normalized spacial score (nSPS) is 17.5. The molecule has 0 aliphatic heterocycles. The molecule has 0 saturated heterocycles. The Morgan fingerprint density at radius 1 is 1.35 bits per heavy atom. The van der Waals surface area contributed by atoms with Crippen molar-refractivity contribution in [1.82, 2.24) is 5.32 Å². The monoisotopic (exact) mass is 276 g/mol. The summed E-state index contributed by atoms with van der Waals surface area (Å²) in [4.78, 5) is 12.3. The first-order valence-electron chi connectivity index (χ1n) is 7.26. The van der Waals surface area contributed by atoms with Crippen LogP contribution in [0.2, 0.25) is 0 Å². The second-order valence-corrected chi connectivity index (χ2v) is 5.88. The Hall–Kier alpha value is -1.71. The Balaban J connectivity index is 1.94. The molecule has 0 radical (unpaired) electrons. The summed E-state index contributed by atoms with van der Waals surface area (Å²) in [6.45, 7) is 2.59. The van der Waals surface area contributed by atoms with E-state index in [0.29, 0.717) is 18.0 Å². The zero-order chi connectivity index (χ0) is 14.6. The second-order valence-electron chi connectivity index (χ2n) is 5.88. The molecule has 0 aromatic heterocycles. The highest BCUT2D eigenvalue weighted by Gasteiger charge is 2.34. The first-order valence-corrected chi connectivity index (χ1v) is 7.26. The van der Waals surface area contributed by atoms with E-state index in [2.05, 4.69) is 12.2 Å². The van der Waals surface area contributed by atoms with Crippen molar-refractivity contribution < 1.29 is 9.53 Å². The van der Waals surface area contributed by atoms with Crippen molar-refractivity contribution in [3.8, 4) is 5.75 Å². The summed E-state index contributed by atoms with van der Waals surface area (Å²) in [6, 6.07) is 5.61. The maximum Gasteiger partial charge on any atom is 0.226 e. The van der Waals surface area contributed by atoms with E-state index >= 15 is 0 Å². The summed E-state index contributed by atoms with van der Waals surface area (Å²) < 4.78 is 5.12. The number of carbonyl (C=O) groups is 1. The van der Waals surface area contributed by atoms with Crippen LogP contribution >= 0.6 is 0 Å². The van der Waals surface area contributed by atoms with Crippen molar-refractivity contribution in [2.45, 2.75) is 45.6 Å². The molecule has 1 aliphatic rings. The lowest BCUT2D eigenvalue weighted by Gasteiger charge is -2.32. The van der Waals surface area contributed by atoms with Gasteiger partial charge in [0.2, 0.25) is 5.91 Å². The number of rotatable bonds is 4. The molecule has 1 aliphatic carbocycles. The summed E-state index contributed by atoms with van der Waals surface area (Å²) in [7, 11) is 1.59. The van der Waals surface area contributed by atoms with E-state index in [1.54, 1.807) is 7.11 Å². The molecule has 1 fully saturated rings. The topological polar surface area (TPSA) is 64.3 Å². The third-order valence-corrected chi connectivity index (χ3v) is 4.25. The average Bonchev–Trinajstić information content (AvgIpc) is 2.45. The van der Waals surface area contributed by atoms with Gasteiger partial charge in [0.05, 0.1) is 12.8 Å². The van der Waals surface area contributed by atoms with Gasteiger partial charge in [-0.3, -0.25) is 4.79 Å². The van der Waals surface area contributed by atoms with Gasteiger partial charge in [0.1, 0.15) is 5.75 Å². The van der Waals surface area contributed by atoms with Crippen molar-refractivity contribution in [3.05, 3.63) is 23.8 Å². The predicted octanol–water partition coefficient (Wildman–Crippen LogP) is 2.86. The van der Waals surface area contributed by atoms with Crippen LogP contribution in [-0.2, 0) is 11.3 Å². The lowest BCUT2D eigenvalue weighted by Crippen LogP contribution is -2.39. The molecule has 1 amide bonds. The molecule has 20 heavy (non-hydrogen) atoms. The molecule has 0 bridgehead atoms. The summed E-state index contributed by atoms with van der Waals surface area (Å²) in [6.07, 6.45) is 5.53. The molecule has 2 rings (SSSR count). The van der Waals surface area contributed by atoms with Crippen LogP contribution in [0.1, 0.15) is 44.6 Å². The Labute approximate surface area is 120 Å². The molecule has 3 N–H and O–H groups in total. The lowest BCUT2D eigenvalue weighted by molar-refractivity contribution is -0.132. The van der Waals surface area contributed by atoms with Crippen LogP contribution < -0.4 is 15.8 Å². The van der Waals surface area contributed by atoms with Crippen molar-refractivity contribution >= 4 is 11.6 Å². The number of nitrogens with one attached hydrogen (secondary N) is 1. The number of nitrogens with two attached hydrogens (primary N) is 1. The fourth-order valence-electron chi connectivity index (χ4n) is 2.85. The first kappa shape index (κ1) is 14.7. The van der Waals surface area contributed by atoms with Crippen LogP contribution in [0.5, 0.6) is 5.75 Å². The van der Waals surface area contributed by atoms with Gasteiger partial charge in [-0.1, -0.05) is 32.3 Å². The van der Waals surface area contributed by atoms with Crippen LogP contribution in [0.3, 0.4) is 0 Å². The standard InChI is InChI=1S/C16H24N2O2/c1-16(8-4-3-5-9-16)15(19)18-11-12-6-7-14(20-2)13(17)10-12/h6-7,10H,3-5,8-9,11,17H2,1-2H3,(H,18,19). The largest absolute Gasteiger partial charge is 0.495 e. The predicted molar refractivity (Wildman–Crippen MR) is 80.4 cm³/mol. The summed E-state index contributed by atoms with van der Waals surface area (Å²) in [5.74, 6) is 0.825. The fraction of sp³-hybridized carbons (Fsp3) is 0.562. The number of nitrogen functional groups attached to an aromatic ring is 1. The first-order chi connectivity index (χ1) is 9.55. The van der Waals surface area contributed by atoms with Crippen molar-refractivity contribution in [3.63, 3.8) is 0 Å². The fourth-order valence-corrected chi connectivity index (χ4v) is 2.85. The minimum Gasteiger partial charge on any atom is -0.495 e. The number of hydrogen-bond donors (Lipinski definition) is 2. The molecule has 0 heterocycles. The smallest absolute Gasteiger partial charge is 0.226 e. The van der Waals surface area contributed by atoms with Gasteiger partial charge >= 0.3 is 0 Å². The van der Waals surface area contributed by atoms with Crippen LogP contribution in [0, 0.1) is 5.41 Å². The van der Waals surface area contributed by atoms with Gasteiger partial charge in [0, 0.05) is 12.0 Å². The summed E-state index contributed by atoms with van der Waals surface area (Å²) >= 11 is 0.